The third-order valence-electron chi connectivity index (χ3n) is 1.31. The van der Waals surface area contributed by atoms with Crippen LogP contribution in [0, 0.1) is 6.92 Å². The zero-order valence-electron chi connectivity index (χ0n) is 6.46. The van der Waals surface area contributed by atoms with Gasteiger partial charge < -0.3 is 5.73 Å². The molecule has 0 aliphatic rings. The Labute approximate surface area is 60.8 Å². The lowest BCUT2D eigenvalue weighted by molar-refractivity contribution is -0.751. The molecule has 0 spiro atoms. The van der Waals surface area contributed by atoms with Crippen LogP contribution >= 0.6 is 0 Å². The van der Waals surface area contributed by atoms with E-state index >= 15 is 0 Å². The summed E-state index contributed by atoms with van der Waals surface area (Å²) < 4.78 is 1.99. The van der Waals surface area contributed by atoms with Gasteiger partial charge in [-0.15, -0.1) is 4.68 Å². The molecule has 1 heterocycles. The maximum atomic E-state index is 5.59. The Hall–Kier alpha value is -0.830. The smallest absolute Gasteiger partial charge is 0.195 e. The maximum absolute atomic E-state index is 5.59. The number of hydrogen-bond donors (Lipinski definition) is 2. The number of hydrogen-bond acceptors (Lipinski definition) is 1. The lowest BCUT2D eigenvalue weighted by Crippen LogP contribution is -2.43. The van der Waals surface area contributed by atoms with E-state index in [4.69, 9.17) is 5.73 Å². The molecule has 0 fully saturated rings. The fraction of sp³-hybridized carbons (Fsp3) is 0.571. The van der Waals surface area contributed by atoms with E-state index in [1.54, 1.807) is 0 Å². The molecule has 1 atom stereocenters. The largest absolute Gasteiger partial charge is 0.323 e. The highest BCUT2D eigenvalue weighted by Crippen LogP contribution is 1.84. The molecule has 0 aromatic carbocycles. The van der Waals surface area contributed by atoms with E-state index in [9.17, 15) is 0 Å². The van der Waals surface area contributed by atoms with Gasteiger partial charge in [-0.05, 0) is 13.8 Å². The van der Waals surface area contributed by atoms with Gasteiger partial charge >= 0.3 is 0 Å². The minimum Gasteiger partial charge on any atom is -0.323 e. The van der Waals surface area contributed by atoms with E-state index in [0.29, 0.717) is 0 Å². The normalized spacial score (nSPS) is 13.5. The zero-order valence-corrected chi connectivity index (χ0v) is 6.46. The molecule has 0 saturated heterocycles. The molecule has 1 aromatic rings. The number of nitrogens with zero attached hydrogens (tertiary/aromatic N) is 1. The first-order valence-electron chi connectivity index (χ1n) is 3.49. The summed E-state index contributed by atoms with van der Waals surface area (Å²) in [5.41, 5.74) is 6.76. The summed E-state index contributed by atoms with van der Waals surface area (Å²) >= 11 is 0. The van der Waals surface area contributed by atoms with Crippen molar-refractivity contribution in [2.45, 2.75) is 26.4 Å². The van der Waals surface area contributed by atoms with Crippen LogP contribution in [-0.2, 0) is 6.54 Å². The predicted molar refractivity (Wildman–Crippen MR) is 39.4 cm³/mol. The molecular formula is C7H14N3+. The van der Waals surface area contributed by atoms with E-state index < -0.39 is 0 Å². The van der Waals surface area contributed by atoms with Gasteiger partial charge in [-0.2, -0.15) is 5.10 Å². The first kappa shape index (κ1) is 7.28. The molecule has 1 rings (SSSR count). The second kappa shape index (κ2) is 2.84. The predicted octanol–water partition coefficient (Wildman–Crippen LogP) is -0.0422. The molecule has 3 N–H and O–H groups in total. The monoisotopic (exact) mass is 140 g/mol. The van der Waals surface area contributed by atoms with E-state index in [-0.39, 0.29) is 6.04 Å². The molecule has 0 radical (unpaired) electrons. The van der Waals surface area contributed by atoms with Gasteiger partial charge in [0.2, 0.25) is 0 Å². The van der Waals surface area contributed by atoms with E-state index in [2.05, 4.69) is 5.10 Å². The van der Waals surface area contributed by atoms with Gasteiger partial charge in [0.15, 0.2) is 12.7 Å². The average molecular weight is 140 g/mol. The molecule has 1 aromatic heterocycles. The summed E-state index contributed by atoms with van der Waals surface area (Å²) in [6.45, 7) is 4.87. The van der Waals surface area contributed by atoms with E-state index in [1.807, 2.05) is 30.8 Å². The van der Waals surface area contributed by atoms with Crippen molar-refractivity contribution in [3.63, 3.8) is 0 Å². The minimum atomic E-state index is 0.211. The van der Waals surface area contributed by atoms with Crippen LogP contribution in [0.4, 0.5) is 0 Å². The molecule has 0 saturated carbocycles. The van der Waals surface area contributed by atoms with Gasteiger partial charge in [0.1, 0.15) is 0 Å². The maximum Gasteiger partial charge on any atom is 0.195 e. The molecule has 0 amide bonds. The molecule has 56 valence electrons. The number of aromatic nitrogens is 2. The van der Waals surface area contributed by atoms with Crippen LogP contribution in [0.5, 0.6) is 0 Å². The first-order valence-corrected chi connectivity index (χ1v) is 3.49. The van der Waals surface area contributed by atoms with Crippen LogP contribution < -0.4 is 10.4 Å². The number of nitrogens with one attached hydrogen (secondary N) is 1. The molecule has 3 heteroatoms. The standard InChI is InChI=1S/C7H13N3/c1-6(8)5-10-4-3-7(2)9-10/h3-4,6H,5,8H2,1-2H3/p+1. The Morgan fingerprint density at radius 2 is 2.50 bits per heavy atom. The molecule has 0 aliphatic heterocycles. The van der Waals surface area contributed by atoms with Crippen LogP contribution in [0.3, 0.4) is 0 Å². The molecular weight excluding hydrogens is 126 g/mol. The van der Waals surface area contributed by atoms with Crippen molar-refractivity contribution in [1.29, 1.82) is 0 Å². The summed E-state index contributed by atoms with van der Waals surface area (Å²) in [5, 5.41) is 3.14. The van der Waals surface area contributed by atoms with Crippen molar-refractivity contribution in [3.05, 3.63) is 18.0 Å². The highest BCUT2D eigenvalue weighted by Gasteiger charge is 2.04. The van der Waals surface area contributed by atoms with Gasteiger partial charge in [-0.1, -0.05) is 0 Å². The second-order valence-corrected chi connectivity index (χ2v) is 2.74. The lowest BCUT2D eigenvalue weighted by atomic mass is 10.4. The summed E-state index contributed by atoms with van der Waals surface area (Å²) in [5.74, 6) is 0. The quantitative estimate of drug-likeness (QED) is 0.556. The highest BCUT2D eigenvalue weighted by molar-refractivity contribution is 4.88. The Balaban J connectivity index is 2.58. The highest BCUT2D eigenvalue weighted by atomic mass is 15.3. The van der Waals surface area contributed by atoms with E-state index in [0.717, 1.165) is 6.54 Å². The minimum absolute atomic E-state index is 0.211. The summed E-state index contributed by atoms with van der Waals surface area (Å²) in [6.07, 6.45) is 2.00. The zero-order chi connectivity index (χ0) is 7.56. The fourth-order valence-corrected chi connectivity index (χ4v) is 0.920. The number of aromatic amines is 1. The van der Waals surface area contributed by atoms with Gasteiger partial charge in [-0.3, -0.25) is 0 Å². The third kappa shape index (κ3) is 1.84. The van der Waals surface area contributed by atoms with Crippen molar-refractivity contribution in [2.75, 3.05) is 0 Å². The van der Waals surface area contributed by atoms with Crippen LogP contribution in [0.2, 0.25) is 0 Å². The van der Waals surface area contributed by atoms with Gasteiger partial charge in [-0.25, -0.2) is 0 Å². The van der Waals surface area contributed by atoms with Gasteiger partial charge in [0.25, 0.3) is 0 Å². The van der Waals surface area contributed by atoms with Crippen molar-refractivity contribution in [1.82, 2.24) is 5.10 Å². The average Bonchev–Trinajstić information content (AvgIpc) is 2.13. The summed E-state index contributed by atoms with van der Waals surface area (Å²) in [4.78, 5) is 0. The SMILES string of the molecule is Cc1cc[n+](CC(C)N)[nH]1. The van der Waals surface area contributed by atoms with Gasteiger partial charge in [0, 0.05) is 6.07 Å². The Morgan fingerprint density at radius 1 is 1.80 bits per heavy atom. The Kier molecular flexibility index (Phi) is 2.06. The number of aryl methyl sites for hydroxylation is 1. The Morgan fingerprint density at radius 3 is 2.90 bits per heavy atom. The topological polar surface area (TPSA) is 45.7 Å². The second-order valence-electron chi connectivity index (χ2n) is 2.74. The third-order valence-corrected chi connectivity index (χ3v) is 1.31. The first-order chi connectivity index (χ1) is 4.68. The van der Waals surface area contributed by atoms with Crippen molar-refractivity contribution < 1.29 is 4.68 Å². The summed E-state index contributed by atoms with van der Waals surface area (Å²) in [7, 11) is 0. The number of rotatable bonds is 2. The van der Waals surface area contributed by atoms with Crippen LogP contribution in [-0.4, -0.2) is 11.1 Å². The van der Waals surface area contributed by atoms with E-state index in [1.165, 1.54) is 5.69 Å². The molecule has 1 unspecified atom stereocenters. The number of H-pyrrole nitrogens is 1. The molecule has 3 nitrogen and oxygen atoms in total. The lowest BCUT2D eigenvalue weighted by Gasteiger charge is -1.95. The van der Waals surface area contributed by atoms with Crippen molar-refractivity contribution in [2.24, 2.45) is 5.73 Å². The van der Waals surface area contributed by atoms with Gasteiger partial charge in [0.05, 0.1) is 11.7 Å². The van der Waals surface area contributed by atoms with Crippen LogP contribution in [0.15, 0.2) is 12.3 Å². The van der Waals surface area contributed by atoms with Crippen LogP contribution in [0.1, 0.15) is 12.6 Å². The van der Waals surface area contributed by atoms with Crippen molar-refractivity contribution >= 4 is 0 Å². The van der Waals surface area contributed by atoms with Crippen molar-refractivity contribution in [3.8, 4) is 0 Å². The molecule has 10 heavy (non-hydrogen) atoms. The Bertz CT molecular complexity index is 202. The molecule has 0 aliphatic carbocycles. The summed E-state index contributed by atoms with van der Waals surface area (Å²) in [6, 6.07) is 2.24. The molecule has 0 bridgehead atoms. The van der Waals surface area contributed by atoms with Crippen LogP contribution in [0.25, 0.3) is 0 Å². The fourth-order valence-electron chi connectivity index (χ4n) is 0.920. The number of nitrogens with two attached hydrogens (primary N) is 1.